The van der Waals surface area contributed by atoms with Gasteiger partial charge in [-0.25, -0.2) is 0 Å². The van der Waals surface area contributed by atoms with E-state index in [-0.39, 0.29) is 5.41 Å². The van der Waals surface area contributed by atoms with Crippen molar-refractivity contribution < 1.29 is 5.11 Å². The third-order valence-electron chi connectivity index (χ3n) is 4.13. The summed E-state index contributed by atoms with van der Waals surface area (Å²) in [6.07, 6.45) is 0. The van der Waals surface area contributed by atoms with E-state index in [1.807, 2.05) is 54.6 Å². The Labute approximate surface area is 138 Å². The van der Waals surface area contributed by atoms with Crippen LogP contribution in [0.3, 0.4) is 0 Å². The van der Waals surface area contributed by atoms with Gasteiger partial charge in [0, 0.05) is 5.56 Å². The van der Waals surface area contributed by atoms with Gasteiger partial charge in [0.2, 0.25) is 0 Å². The van der Waals surface area contributed by atoms with Crippen LogP contribution in [0.4, 0.5) is 0 Å². The molecule has 0 aromatic heterocycles. The molecule has 116 valence electrons. The lowest BCUT2D eigenvalue weighted by Crippen LogP contribution is -2.11. The fourth-order valence-electron chi connectivity index (χ4n) is 2.81. The van der Waals surface area contributed by atoms with Crippen LogP contribution in [0.2, 0.25) is 0 Å². The predicted molar refractivity (Wildman–Crippen MR) is 97.7 cm³/mol. The SMILES string of the molecule is CC(C)(C)c1cc(O)c(-c2ccccc2)c(-c2ccccc2)c1. The average molecular weight is 302 g/mol. The van der Waals surface area contributed by atoms with E-state index in [4.69, 9.17) is 0 Å². The van der Waals surface area contributed by atoms with Gasteiger partial charge in [0.25, 0.3) is 0 Å². The molecule has 23 heavy (non-hydrogen) atoms. The summed E-state index contributed by atoms with van der Waals surface area (Å²) in [5, 5.41) is 10.8. The maximum Gasteiger partial charge on any atom is 0.124 e. The molecule has 0 bridgehead atoms. The minimum absolute atomic E-state index is 0.0176. The Kier molecular flexibility index (Phi) is 3.96. The van der Waals surface area contributed by atoms with Crippen molar-refractivity contribution in [2.75, 3.05) is 0 Å². The van der Waals surface area contributed by atoms with Gasteiger partial charge in [-0.15, -0.1) is 0 Å². The Morgan fingerprint density at radius 2 is 1.22 bits per heavy atom. The van der Waals surface area contributed by atoms with Gasteiger partial charge in [-0.1, -0.05) is 81.4 Å². The Morgan fingerprint density at radius 1 is 0.696 bits per heavy atom. The molecule has 0 amide bonds. The van der Waals surface area contributed by atoms with E-state index >= 15 is 0 Å². The van der Waals surface area contributed by atoms with Crippen LogP contribution >= 0.6 is 0 Å². The molecule has 0 aliphatic rings. The fraction of sp³-hybridized carbons (Fsp3) is 0.182. The minimum atomic E-state index is -0.0176. The van der Waals surface area contributed by atoms with Crippen molar-refractivity contribution in [3.63, 3.8) is 0 Å². The maximum atomic E-state index is 10.8. The summed E-state index contributed by atoms with van der Waals surface area (Å²) >= 11 is 0. The van der Waals surface area contributed by atoms with Gasteiger partial charge >= 0.3 is 0 Å². The zero-order chi connectivity index (χ0) is 16.4. The van der Waals surface area contributed by atoms with Crippen molar-refractivity contribution in [2.24, 2.45) is 0 Å². The van der Waals surface area contributed by atoms with Crippen LogP contribution in [0.15, 0.2) is 72.8 Å². The number of phenols is 1. The van der Waals surface area contributed by atoms with E-state index in [9.17, 15) is 5.11 Å². The van der Waals surface area contributed by atoms with Crippen molar-refractivity contribution in [1.29, 1.82) is 0 Å². The highest BCUT2D eigenvalue weighted by Gasteiger charge is 2.20. The number of hydrogen-bond donors (Lipinski definition) is 1. The van der Waals surface area contributed by atoms with Crippen molar-refractivity contribution >= 4 is 0 Å². The molecule has 0 saturated heterocycles. The first kappa shape index (κ1) is 15.4. The summed E-state index contributed by atoms with van der Waals surface area (Å²) in [6, 6.07) is 24.4. The molecule has 3 rings (SSSR count). The van der Waals surface area contributed by atoms with Crippen LogP contribution in [0, 0.1) is 0 Å². The van der Waals surface area contributed by atoms with E-state index in [0.29, 0.717) is 5.75 Å². The third-order valence-corrected chi connectivity index (χ3v) is 4.13. The van der Waals surface area contributed by atoms with Gasteiger partial charge in [0.15, 0.2) is 0 Å². The molecule has 0 aliphatic heterocycles. The zero-order valence-electron chi connectivity index (χ0n) is 13.9. The standard InChI is InChI=1S/C22H22O/c1-22(2,3)18-14-19(16-10-6-4-7-11-16)21(20(23)15-18)17-12-8-5-9-13-17/h4-15,23H,1-3H3. The van der Waals surface area contributed by atoms with Crippen LogP contribution < -0.4 is 0 Å². The van der Waals surface area contributed by atoms with Crippen molar-refractivity contribution in [2.45, 2.75) is 26.2 Å². The molecule has 0 spiro atoms. The highest BCUT2D eigenvalue weighted by atomic mass is 16.3. The van der Waals surface area contributed by atoms with Crippen molar-refractivity contribution in [3.8, 4) is 28.0 Å². The van der Waals surface area contributed by atoms with Crippen LogP contribution in [0.25, 0.3) is 22.3 Å². The van der Waals surface area contributed by atoms with E-state index in [2.05, 4.69) is 39.0 Å². The average Bonchev–Trinajstić information content (AvgIpc) is 2.55. The predicted octanol–water partition coefficient (Wildman–Crippen LogP) is 6.02. The second-order valence-corrected chi connectivity index (χ2v) is 6.90. The van der Waals surface area contributed by atoms with Gasteiger partial charge < -0.3 is 5.11 Å². The monoisotopic (exact) mass is 302 g/mol. The maximum absolute atomic E-state index is 10.8. The summed E-state index contributed by atoms with van der Waals surface area (Å²) in [5.41, 5.74) is 5.23. The van der Waals surface area contributed by atoms with Crippen molar-refractivity contribution in [3.05, 3.63) is 78.4 Å². The number of rotatable bonds is 2. The quantitative estimate of drug-likeness (QED) is 0.613. The molecule has 0 saturated carbocycles. The first-order valence-electron chi connectivity index (χ1n) is 7.95. The lowest BCUT2D eigenvalue weighted by Gasteiger charge is -2.23. The van der Waals surface area contributed by atoms with Crippen molar-refractivity contribution in [1.82, 2.24) is 0 Å². The fourth-order valence-corrected chi connectivity index (χ4v) is 2.81. The summed E-state index contributed by atoms with van der Waals surface area (Å²) < 4.78 is 0. The van der Waals surface area contributed by atoms with E-state index in [1.165, 1.54) is 0 Å². The Morgan fingerprint density at radius 3 is 1.74 bits per heavy atom. The molecule has 3 aromatic rings. The second-order valence-electron chi connectivity index (χ2n) is 6.90. The third kappa shape index (κ3) is 3.14. The molecular weight excluding hydrogens is 280 g/mol. The lowest BCUT2D eigenvalue weighted by molar-refractivity contribution is 0.473. The van der Waals surface area contributed by atoms with Gasteiger partial charge in [-0.2, -0.15) is 0 Å². The molecule has 1 heteroatoms. The Bertz CT molecular complexity index is 797. The molecule has 0 unspecified atom stereocenters. The van der Waals surface area contributed by atoms with Crippen LogP contribution in [-0.2, 0) is 5.41 Å². The van der Waals surface area contributed by atoms with Crippen LogP contribution in [0.1, 0.15) is 26.3 Å². The number of benzene rings is 3. The minimum Gasteiger partial charge on any atom is -0.507 e. The number of aromatic hydroxyl groups is 1. The highest BCUT2D eigenvalue weighted by molar-refractivity contribution is 5.88. The normalized spacial score (nSPS) is 11.4. The molecule has 1 N–H and O–H groups in total. The van der Waals surface area contributed by atoms with Gasteiger partial charge in [0.05, 0.1) is 0 Å². The summed E-state index contributed by atoms with van der Waals surface area (Å²) in [4.78, 5) is 0. The second kappa shape index (κ2) is 5.92. The topological polar surface area (TPSA) is 20.2 Å². The number of hydrogen-bond acceptors (Lipinski definition) is 1. The zero-order valence-corrected chi connectivity index (χ0v) is 13.9. The lowest BCUT2D eigenvalue weighted by atomic mass is 9.82. The largest absolute Gasteiger partial charge is 0.507 e. The molecule has 0 fully saturated rings. The first-order valence-corrected chi connectivity index (χ1v) is 7.95. The number of phenolic OH excluding ortho intramolecular Hbond substituents is 1. The molecule has 0 heterocycles. The van der Waals surface area contributed by atoms with Gasteiger partial charge in [-0.05, 0) is 39.8 Å². The van der Waals surface area contributed by atoms with E-state index in [1.54, 1.807) is 0 Å². The molecule has 3 aromatic carbocycles. The molecule has 0 atom stereocenters. The van der Waals surface area contributed by atoms with E-state index in [0.717, 1.165) is 27.8 Å². The summed E-state index contributed by atoms with van der Waals surface area (Å²) in [7, 11) is 0. The molecular formula is C22H22O. The Hall–Kier alpha value is -2.54. The molecule has 1 nitrogen and oxygen atoms in total. The van der Waals surface area contributed by atoms with Crippen LogP contribution in [0.5, 0.6) is 5.75 Å². The summed E-state index contributed by atoms with van der Waals surface area (Å²) in [5.74, 6) is 0.336. The Balaban J connectivity index is 2.31. The molecule has 0 aliphatic carbocycles. The highest BCUT2D eigenvalue weighted by Crippen LogP contribution is 2.41. The van der Waals surface area contributed by atoms with E-state index < -0.39 is 0 Å². The van der Waals surface area contributed by atoms with Gasteiger partial charge in [-0.3, -0.25) is 0 Å². The van der Waals surface area contributed by atoms with Crippen LogP contribution in [-0.4, -0.2) is 5.11 Å². The molecule has 0 radical (unpaired) electrons. The smallest absolute Gasteiger partial charge is 0.124 e. The summed E-state index contributed by atoms with van der Waals surface area (Å²) in [6.45, 7) is 6.50. The van der Waals surface area contributed by atoms with Gasteiger partial charge in [0.1, 0.15) is 5.75 Å². The first-order chi connectivity index (χ1) is 11.0.